The van der Waals surface area contributed by atoms with Crippen molar-refractivity contribution < 1.29 is 0 Å². The summed E-state index contributed by atoms with van der Waals surface area (Å²) in [6.07, 6.45) is 7.41. The lowest BCUT2D eigenvalue weighted by Gasteiger charge is -2.00. The first-order chi connectivity index (χ1) is 9.29. The molecule has 19 heavy (non-hydrogen) atoms. The Morgan fingerprint density at radius 3 is 2.95 bits per heavy atom. The minimum atomic E-state index is 0.0361. The number of fused-ring (bicyclic) bond motifs is 3. The van der Waals surface area contributed by atoms with E-state index in [1.807, 2.05) is 0 Å². The summed E-state index contributed by atoms with van der Waals surface area (Å²) in [6, 6.07) is 0. The zero-order chi connectivity index (χ0) is 13.2. The van der Waals surface area contributed by atoms with E-state index in [9.17, 15) is 4.79 Å². The molecule has 102 valence electrons. The lowest BCUT2D eigenvalue weighted by molar-refractivity contribution is 0.713. The molecule has 1 N–H and O–H groups in total. The number of aromatic amines is 1. The number of rotatable bonds is 3. The van der Waals surface area contributed by atoms with Crippen LogP contribution in [-0.4, -0.2) is 15.8 Å². The van der Waals surface area contributed by atoms with Gasteiger partial charge in [0.2, 0.25) is 0 Å². The molecule has 0 spiro atoms. The fourth-order valence-electron chi connectivity index (χ4n) is 2.74. The molecule has 3 nitrogen and oxygen atoms in total. The largest absolute Gasteiger partial charge is 0.310 e. The van der Waals surface area contributed by atoms with Crippen molar-refractivity contribution in [2.75, 3.05) is 5.88 Å². The zero-order valence-electron chi connectivity index (χ0n) is 10.8. The first-order valence-corrected chi connectivity index (χ1v) is 8.24. The van der Waals surface area contributed by atoms with Crippen LogP contribution in [0.1, 0.15) is 41.9 Å². The van der Waals surface area contributed by atoms with Gasteiger partial charge in [-0.3, -0.25) is 4.79 Å². The summed E-state index contributed by atoms with van der Waals surface area (Å²) >= 11 is 7.40. The van der Waals surface area contributed by atoms with Gasteiger partial charge in [0.1, 0.15) is 10.7 Å². The van der Waals surface area contributed by atoms with E-state index in [4.69, 9.17) is 11.6 Å². The molecule has 0 atom stereocenters. The Bertz CT molecular complexity index is 647. The van der Waals surface area contributed by atoms with Crippen molar-refractivity contribution in [3.8, 4) is 0 Å². The van der Waals surface area contributed by atoms with Gasteiger partial charge in [0.15, 0.2) is 0 Å². The molecule has 5 heteroatoms. The number of halogens is 1. The van der Waals surface area contributed by atoms with Crippen molar-refractivity contribution >= 4 is 33.2 Å². The molecule has 2 aromatic heterocycles. The van der Waals surface area contributed by atoms with Crippen LogP contribution in [0.4, 0.5) is 0 Å². The smallest absolute Gasteiger partial charge is 0.259 e. The van der Waals surface area contributed by atoms with Crippen LogP contribution >= 0.6 is 22.9 Å². The first-order valence-electron chi connectivity index (χ1n) is 6.89. The molecular formula is C14H17ClN2OS. The Morgan fingerprint density at radius 1 is 1.26 bits per heavy atom. The molecule has 0 unspecified atom stereocenters. The van der Waals surface area contributed by atoms with Gasteiger partial charge in [-0.15, -0.1) is 22.9 Å². The minimum Gasteiger partial charge on any atom is -0.310 e. The van der Waals surface area contributed by atoms with Gasteiger partial charge in [-0.2, -0.15) is 0 Å². The van der Waals surface area contributed by atoms with Gasteiger partial charge < -0.3 is 4.98 Å². The van der Waals surface area contributed by atoms with Crippen molar-refractivity contribution in [3.63, 3.8) is 0 Å². The predicted molar refractivity (Wildman–Crippen MR) is 80.5 cm³/mol. The fraction of sp³-hybridized carbons (Fsp3) is 0.571. The molecule has 0 radical (unpaired) electrons. The summed E-state index contributed by atoms with van der Waals surface area (Å²) in [7, 11) is 0. The molecule has 1 aliphatic rings. The van der Waals surface area contributed by atoms with Crippen LogP contribution in [0, 0.1) is 0 Å². The van der Waals surface area contributed by atoms with Gasteiger partial charge in [-0.1, -0.05) is 6.42 Å². The highest BCUT2D eigenvalue weighted by Crippen LogP contribution is 2.32. The number of hydrogen-bond donors (Lipinski definition) is 1. The van der Waals surface area contributed by atoms with Crippen molar-refractivity contribution in [2.45, 2.75) is 44.9 Å². The Hall–Kier alpha value is -0.870. The number of nitrogens with zero attached hydrogens (tertiary/aromatic N) is 1. The number of thiophene rings is 1. The maximum atomic E-state index is 12.3. The van der Waals surface area contributed by atoms with Gasteiger partial charge in [-0.05, 0) is 37.7 Å². The van der Waals surface area contributed by atoms with E-state index >= 15 is 0 Å². The average Bonchev–Trinajstić information content (AvgIpc) is 2.59. The maximum absolute atomic E-state index is 12.3. The average molecular weight is 297 g/mol. The summed E-state index contributed by atoms with van der Waals surface area (Å²) in [4.78, 5) is 22.1. The molecule has 0 aliphatic heterocycles. The van der Waals surface area contributed by atoms with Gasteiger partial charge in [-0.25, -0.2) is 4.98 Å². The Labute approximate surface area is 121 Å². The van der Waals surface area contributed by atoms with E-state index < -0.39 is 0 Å². The Kier molecular flexibility index (Phi) is 3.89. The third-order valence-corrected chi connectivity index (χ3v) is 5.12. The summed E-state index contributed by atoms with van der Waals surface area (Å²) in [5, 5.41) is 0.844. The standard InChI is InChI=1S/C14H17ClN2OS/c15-8-4-7-11-16-13(18)12-9-5-2-1-3-6-10(9)19-14(12)17-11/h1-8H2,(H,16,17,18). The minimum absolute atomic E-state index is 0.0361. The van der Waals surface area contributed by atoms with Crippen molar-refractivity contribution in [2.24, 2.45) is 0 Å². The highest BCUT2D eigenvalue weighted by atomic mass is 35.5. The van der Waals surface area contributed by atoms with Gasteiger partial charge in [0, 0.05) is 17.2 Å². The lowest BCUT2D eigenvalue weighted by atomic mass is 10.1. The summed E-state index contributed by atoms with van der Waals surface area (Å²) in [5.41, 5.74) is 1.30. The van der Waals surface area contributed by atoms with E-state index in [0.29, 0.717) is 5.88 Å². The molecular weight excluding hydrogens is 280 g/mol. The summed E-state index contributed by atoms with van der Waals surface area (Å²) in [5.74, 6) is 1.37. The predicted octanol–water partition coefficient (Wildman–Crippen LogP) is 3.42. The van der Waals surface area contributed by atoms with E-state index in [1.165, 1.54) is 29.7 Å². The van der Waals surface area contributed by atoms with E-state index in [0.717, 1.165) is 41.7 Å². The highest BCUT2D eigenvalue weighted by Gasteiger charge is 2.18. The first kappa shape index (κ1) is 13.1. The molecule has 2 aromatic rings. The van der Waals surface area contributed by atoms with Crippen molar-refractivity contribution in [1.82, 2.24) is 9.97 Å². The van der Waals surface area contributed by atoms with Crippen LogP contribution in [0.3, 0.4) is 0 Å². The number of aryl methyl sites for hydroxylation is 3. The quantitative estimate of drug-likeness (QED) is 0.697. The van der Waals surface area contributed by atoms with Crippen LogP contribution in [0.5, 0.6) is 0 Å². The lowest BCUT2D eigenvalue weighted by Crippen LogP contribution is -2.12. The monoisotopic (exact) mass is 296 g/mol. The molecule has 0 saturated heterocycles. The number of nitrogens with one attached hydrogen (secondary N) is 1. The summed E-state index contributed by atoms with van der Waals surface area (Å²) < 4.78 is 0. The zero-order valence-corrected chi connectivity index (χ0v) is 12.4. The Morgan fingerprint density at radius 2 is 2.11 bits per heavy atom. The maximum Gasteiger partial charge on any atom is 0.259 e. The van der Waals surface area contributed by atoms with E-state index in [1.54, 1.807) is 11.3 Å². The van der Waals surface area contributed by atoms with Gasteiger partial charge in [0.05, 0.1) is 5.39 Å². The van der Waals surface area contributed by atoms with Crippen molar-refractivity contribution in [3.05, 3.63) is 26.6 Å². The van der Waals surface area contributed by atoms with Crippen LogP contribution in [0.25, 0.3) is 10.2 Å². The number of hydrogen-bond acceptors (Lipinski definition) is 3. The van der Waals surface area contributed by atoms with Crippen LogP contribution in [-0.2, 0) is 19.3 Å². The third-order valence-electron chi connectivity index (χ3n) is 3.67. The topological polar surface area (TPSA) is 45.8 Å². The molecule has 0 fully saturated rings. The van der Waals surface area contributed by atoms with E-state index in [2.05, 4.69) is 9.97 Å². The summed E-state index contributed by atoms with van der Waals surface area (Å²) in [6.45, 7) is 0. The normalized spacial score (nSPS) is 15.4. The number of H-pyrrole nitrogens is 1. The Balaban J connectivity index is 2.09. The second-order valence-corrected chi connectivity index (χ2v) is 6.51. The molecule has 0 bridgehead atoms. The third kappa shape index (κ3) is 2.56. The van der Waals surface area contributed by atoms with Crippen LogP contribution < -0.4 is 5.56 Å². The second kappa shape index (κ2) is 5.63. The molecule has 0 amide bonds. The van der Waals surface area contributed by atoms with Crippen LogP contribution in [0.15, 0.2) is 4.79 Å². The SMILES string of the molecule is O=c1[nH]c(CCCCl)nc2sc3c(c12)CCCCC3. The van der Waals surface area contributed by atoms with Gasteiger partial charge >= 0.3 is 0 Å². The molecule has 1 aliphatic carbocycles. The molecule has 3 rings (SSSR count). The van der Waals surface area contributed by atoms with Crippen molar-refractivity contribution in [1.29, 1.82) is 0 Å². The molecule has 0 saturated carbocycles. The molecule has 0 aromatic carbocycles. The van der Waals surface area contributed by atoms with Gasteiger partial charge in [0.25, 0.3) is 5.56 Å². The van der Waals surface area contributed by atoms with Crippen LogP contribution in [0.2, 0.25) is 0 Å². The molecule has 2 heterocycles. The highest BCUT2D eigenvalue weighted by molar-refractivity contribution is 7.18. The fourth-order valence-corrected chi connectivity index (χ4v) is 4.15. The van der Waals surface area contributed by atoms with E-state index in [-0.39, 0.29) is 5.56 Å². The number of aromatic nitrogens is 2. The second-order valence-electron chi connectivity index (χ2n) is 5.05. The number of alkyl halides is 1.